The maximum absolute atomic E-state index is 10.8. The normalized spacial score (nSPS) is 35.9. The van der Waals surface area contributed by atoms with E-state index >= 15 is 0 Å². The quantitative estimate of drug-likeness (QED) is 0.496. The van der Waals surface area contributed by atoms with Crippen LogP contribution in [0.1, 0.15) is 13.8 Å². The first-order chi connectivity index (χ1) is 8.32. The highest BCUT2D eigenvalue weighted by molar-refractivity contribution is 5.66. The summed E-state index contributed by atoms with van der Waals surface area (Å²) < 4.78 is 14.3. The molecule has 0 aromatic carbocycles. The first-order valence-electron chi connectivity index (χ1n) is 5.33. The number of hydrogen-bond acceptors (Lipinski definition) is 8. The molecule has 5 atom stereocenters. The molecule has 1 aliphatic rings. The van der Waals surface area contributed by atoms with Gasteiger partial charge in [0.1, 0.15) is 31.0 Å². The lowest BCUT2D eigenvalue weighted by Crippen LogP contribution is -2.59. The number of aliphatic hydroxyl groups is 3. The predicted molar refractivity (Wildman–Crippen MR) is 55.1 cm³/mol. The van der Waals surface area contributed by atoms with Gasteiger partial charge in [0.15, 0.2) is 0 Å². The third kappa shape index (κ3) is 3.64. The van der Waals surface area contributed by atoms with Gasteiger partial charge in [-0.1, -0.05) is 0 Å². The number of esters is 2. The minimum Gasteiger partial charge on any atom is -0.463 e. The number of ether oxygens (including phenoxy) is 3. The molecule has 0 saturated carbocycles. The summed E-state index contributed by atoms with van der Waals surface area (Å²) in [4.78, 5) is 21.4. The fourth-order valence-electron chi connectivity index (χ4n) is 1.51. The molecule has 0 aromatic rings. The summed E-state index contributed by atoms with van der Waals surface area (Å²) in [7, 11) is 0. The first-order valence-corrected chi connectivity index (χ1v) is 5.33. The van der Waals surface area contributed by atoms with E-state index in [2.05, 4.69) is 9.47 Å². The molecule has 104 valence electrons. The molecular weight excluding hydrogens is 248 g/mol. The molecule has 18 heavy (non-hydrogen) atoms. The Hall–Kier alpha value is -1.22. The van der Waals surface area contributed by atoms with Gasteiger partial charge in [-0.2, -0.15) is 0 Å². The second kappa shape index (κ2) is 6.10. The number of carbonyl (C=O) groups excluding carboxylic acids is 2. The molecule has 8 nitrogen and oxygen atoms in total. The van der Waals surface area contributed by atoms with E-state index in [1.165, 1.54) is 6.92 Å². The lowest BCUT2D eigenvalue weighted by atomic mass is 9.99. The lowest BCUT2D eigenvalue weighted by Gasteiger charge is -2.39. The number of hydrogen-bond donors (Lipinski definition) is 3. The Morgan fingerprint density at radius 1 is 1.06 bits per heavy atom. The Labute approximate surface area is 103 Å². The van der Waals surface area contributed by atoms with Gasteiger partial charge in [-0.3, -0.25) is 9.59 Å². The summed E-state index contributed by atoms with van der Waals surface area (Å²) in [5.74, 6) is -1.30. The van der Waals surface area contributed by atoms with Crippen LogP contribution in [0.2, 0.25) is 0 Å². The van der Waals surface area contributed by atoms with E-state index in [1.54, 1.807) is 0 Å². The van der Waals surface area contributed by atoms with Crippen LogP contribution in [0.4, 0.5) is 0 Å². The Balaban J connectivity index is 2.67. The van der Waals surface area contributed by atoms with E-state index < -0.39 is 42.6 Å². The predicted octanol–water partition coefficient (Wildman–Crippen LogP) is -2.08. The summed E-state index contributed by atoms with van der Waals surface area (Å²) in [6.07, 6.45) is -7.09. The molecule has 1 rings (SSSR count). The molecule has 0 spiro atoms. The van der Waals surface area contributed by atoms with Crippen LogP contribution in [0.5, 0.6) is 0 Å². The fourth-order valence-corrected chi connectivity index (χ4v) is 1.51. The molecule has 0 radical (unpaired) electrons. The zero-order valence-electron chi connectivity index (χ0n) is 9.98. The van der Waals surface area contributed by atoms with Crippen molar-refractivity contribution in [2.24, 2.45) is 0 Å². The molecule has 1 aliphatic heterocycles. The monoisotopic (exact) mass is 264 g/mol. The zero-order chi connectivity index (χ0) is 13.9. The van der Waals surface area contributed by atoms with Gasteiger partial charge in [-0.05, 0) is 0 Å². The van der Waals surface area contributed by atoms with Gasteiger partial charge in [-0.25, -0.2) is 0 Å². The average Bonchev–Trinajstić information content (AvgIpc) is 2.27. The van der Waals surface area contributed by atoms with Gasteiger partial charge in [0, 0.05) is 13.8 Å². The van der Waals surface area contributed by atoms with Crippen LogP contribution in [0.3, 0.4) is 0 Å². The van der Waals surface area contributed by atoms with E-state index in [4.69, 9.17) is 4.74 Å². The van der Waals surface area contributed by atoms with Gasteiger partial charge in [-0.15, -0.1) is 0 Å². The molecule has 3 N–H and O–H groups in total. The molecule has 1 heterocycles. The van der Waals surface area contributed by atoms with Gasteiger partial charge < -0.3 is 29.5 Å². The highest BCUT2D eigenvalue weighted by atomic mass is 16.7. The van der Waals surface area contributed by atoms with Crippen molar-refractivity contribution in [2.75, 3.05) is 6.61 Å². The van der Waals surface area contributed by atoms with Crippen LogP contribution in [0, 0.1) is 0 Å². The molecule has 1 fully saturated rings. The number of aliphatic hydroxyl groups excluding tert-OH is 3. The van der Waals surface area contributed by atoms with Crippen LogP contribution in [0.25, 0.3) is 0 Å². The SMILES string of the molecule is CC(=O)OCC1OC(OC(C)=O)[C@@H](O)C(O)[C@H]1O. The summed E-state index contributed by atoms with van der Waals surface area (Å²) in [6, 6.07) is 0. The molecule has 3 unspecified atom stereocenters. The van der Waals surface area contributed by atoms with E-state index in [1.807, 2.05) is 0 Å². The average molecular weight is 264 g/mol. The van der Waals surface area contributed by atoms with Crippen molar-refractivity contribution >= 4 is 11.9 Å². The Kier molecular flexibility index (Phi) is 5.03. The Morgan fingerprint density at radius 2 is 1.67 bits per heavy atom. The largest absolute Gasteiger partial charge is 0.463 e. The maximum Gasteiger partial charge on any atom is 0.305 e. The second-order valence-electron chi connectivity index (χ2n) is 3.93. The van der Waals surface area contributed by atoms with E-state index in [-0.39, 0.29) is 6.61 Å². The minimum absolute atomic E-state index is 0.321. The molecule has 1 saturated heterocycles. The minimum atomic E-state index is -1.57. The molecular formula is C10H16O8. The number of rotatable bonds is 3. The highest BCUT2D eigenvalue weighted by Crippen LogP contribution is 2.22. The van der Waals surface area contributed by atoms with Crippen LogP contribution in [-0.4, -0.2) is 64.6 Å². The summed E-state index contributed by atoms with van der Waals surface area (Å²) in [6.45, 7) is 1.96. The second-order valence-corrected chi connectivity index (χ2v) is 3.93. The molecule has 8 heteroatoms. The van der Waals surface area contributed by atoms with E-state index in [0.29, 0.717) is 0 Å². The summed E-state index contributed by atoms with van der Waals surface area (Å²) in [5, 5.41) is 28.7. The van der Waals surface area contributed by atoms with E-state index in [9.17, 15) is 24.9 Å². The van der Waals surface area contributed by atoms with Gasteiger partial charge in [0.25, 0.3) is 0 Å². The highest BCUT2D eigenvalue weighted by Gasteiger charge is 2.45. The maximum atomic E-state index is 10.8. The summed E-state index contributed by atoms with van der Waals surface area (Å²) >= 11 is 0. The Bertz CT molecular complexity index is 315. The zero-order valence-corrected chi connectivity index (χ0v) is 9.98. The van der Waals surface area contributed by atoms with Crippen molar-refractivity contribution in [1.29, 1.82) is 0 Å². The van der Waals surface area contributed by atoms with Crippen molar-refractivity contribution in [3.8, 4) is 0 Å². The third-order valence-electron chi connectivity index (χ3n) is 2.40. The number of carbonyl (C=O) groups is 2. The van der Waals surface area contributed by atoms with Crippen molar-refractivity contribution in [3.05, 3.63) is 0 Å². The topological polar surface area (TPSA) is 123 Å². The smallest absolute Gasteiger partial charge is 0.305 e. The van der Waals surface area contributed by atoms with Gasteiger partial charge in [0.05, 0.1) is 0 Å². The van der Waals surface area contributed by atoms with Crippen LogP contribution in [-0.2, 0) is 23.8 Å². The van der Waals surface area contributed by atoms with Crippen LogP contribution in [0.15, 0.2) is 0 Å². The van der Waals surface area contributed by atoms with Gasteiger partial charge >= 0.3 is 11.9 Å². The standard InChI is InChI=1S/C10H16O8/c1-4(11)16-3-6-7(13)8(14)9(15)10(18-6)17-5(2)12/h6-10,13-15H,3H2,1-2H3/t6?,7-,8?,9-,10?/m0/s1. The molecule has 0 aromatic heterocycles. The van der Waals surface area contributed by atoms with Gasteiger partial charge in [0.2, 0.25) is 6.29 Å². The fraction of sp³-hybridized carbons (Fsp3) is 0.800. The summed E-state index contributed by atoms with van der Waals surface area (Å²) in [5.41, 5.74) is 0. The molecule has 0 aliphatic carbocycles. The van der Waals surface area contributed by atoms with Crippen molar-refractivity contribution < 1.29 is 39.1 Å². The van der Waals surface area contributed by atoms with E-state index in [0.717, 1.165) is 6.92 Å². The van der Waals surface area contributed by atoms with Crippen LogP contribution >= 0.6 is 0 Å². The molecule has 0 bridgehead atoms. The third-order valence-corrected chi connectivity index (χ3v) is 2.40. The Morgan fingerprint density at radius 3 is 2.17 bits per heavy atom. The van der Waals surface area contributed by atoms with Crippen molar-refractivity contribution in [3.63, 3.8) is 0 Å². The van der Waals surface area contributed by atoms with Crippen molar-refractivity contribution in [1.82, 2.24) is 0 Å². The molecule has 0 amide bonds. The lowest BCUT2D eigenvalue weighted by molar-refractivity contribution is -0.292. The first kappa shape index (κ1) is 14.8. The van der Waals surface area contributed by atoms with Crippen LogP contribution < -0.4 is 0 Å². The van der Waals surface area contributed by atoms with Crippen molar-refractivity contribution in [2.45, 2.75) is 44.6 Å².